The van der Waals surface area contributed by atoms with Crippen molar-refractivity contribution in [3.63, 3.8) is 0 Å². The first kappa shape index (κ1) is 22.0. The molecule has 0 aromatic heterocycles. The molecule has 0 spiro atoms. The molecule has 1 aliphatic rings. The van der Waals surface area contributed by atoms with Gasteiger partial charge < -0.3 is 19.3 Å². The molecule has 1 fully saturated rings. The van der Waals surface area contributed by atoms with Gasteiger partial charge in [0.05, 0.1) is 12.7 Å². The zero-order chi connectivity index (χ0) is 21.8. The molecular weight excluding hydrogens is 394 g/mol. The second kappa shape index (κ2) is 9.43. The average molecular weight is 420 g/mol. The van der Waals surface area contributed by atoms with Gasteiger partial charge in [0.1, 0.15) is 17.6 Å². The Morgan fingerprint density at radius 3 is 2.37 bits per heavy atom. The topological polar surface area (TPSA) is 65.0 Å². The van der Waals surface area contributed by atoms with E-state index in [1.54, 1.807) is 19.2 Å². The van der Waals surface area contributed by atoms with Crippen LogP contribution in [0.1, 0.15) is 36.8 Å². The first-order valence-corrected chi connectivity index (χ1v) is 9.93. The standard InChI is InChI=1S/C23H26F2O5/c1-13-7-15(8-14(2)23(13)29-6-4-5-21(26)27)19-11-18(12-20(24)22(19)25)30-17-9-16(10-17)28-3/h7-8,11-12,16-17H,4-6,9-10H2,1-3H3,(H,26,27). The van der Waals surface area contributed by atoms with Crippen LogP contribution in [0.2, 0.25) is 0 Å². The number of methoxy groups -OCH3 is 1. The summed E-state index contributed by atoms with van der Waals surface area (Å²) in [6.45, 7) is 3.90. The Morgan fingerprint density at radius 2 is 1.77 bits per heavy atom. The Kier molecular flexibility index (Phi) is 6.92. The number of hydrogen-bond donors (Lipinski definition) is 1. The van der Waals surface area contributed by atoms with E-state index in [1.165, 1.54) is 6.07 Å². The molecule has 7 heteroatoms. The molecule has 30 heavy (non-hydrogen) atoms. The minimum atomic E-state index is -0.964. The highest BCUT2D eigenvalue weighted by Gasteiger charge is 2.31. The van der Waals surface area contributed by atoms with Crippen molar-refractivity contribution in [3.05, 3.63) is 47.0 Å². The molecule has 3 rings (SSSR count). The van der Waals surface area contributed by atoms with Gasteiger partial charge in [-0.15, -0.1) is 0 Å². The minimum absolute atomic E-state index is 0.0274. The highest BCUT2D eigenvalue weighted by molar-refractivity contribution is 5.69. The summed E-state index contributed by atoms with van der Waals surface area (Å²) in [5, 5.41) is 8.71. The van der Waals surface area contributed by atoms with Crippen LogP contribution in [0.4, 0.5) is 8.78 Å². The fourth-order valence-electron chi connectivity index (χ4n) is 3.57. The molecule has 0 atom stereocenters. The Labute approximate surface area is 174 Å². The van der Waals surface area contributed by atoms with Crippen LogP contribution in [-0.4, -0.2) is 37.0 Å². The van der Waals surface area contributed by atoms with Crippen LogP contribution < -0.4 is 9.47 Å². The quantitative estimate of drug-likeness (QED) is 0.575. The molecule has 162 valence electrons. The van der Waals surface area contributed by atoms with Crippen molar-refractivity contribution in [1.82, 2.24) is 0 Å². The van der Waals surface area contributed by atoms with Crippen LogP contribution in [-0.2, 0) is 9.53 Å². The Balaban J connectivity index is 1.79. The summed E-state index contributed by atoms with van der Waals surface area (Å²) in [4.78, 5) is 10.6. The Bertz CT molecular complexity index is 899. The van der Waals surface area contributed by atoms with Crippen molar-refractivity contribution in [1.29, 1.82) is 0 Å². The van der Waals surface area contributed by atoms with Crippen LogP contribution in [0.25, 0.3) is 11.1 Å². The van der Waals surface area contributed by atoms with Crippen molar-refractivity contribution in [2.75, 3.05) is 13.7 Å². The number of rotatable bonds is 9. The number of ether oxygens (including phenoxy) is 3. The summed E-state index contributed by atoms with van der Waals surface area (Å²) in [6, 6.07) is 6.04. The predicted molar refractivity (Wildman–Crippen MR) is 108 cm³/mol. The normalized spacial score (nSPS) is 18.0. The number of carboxylic acid groups (broad SMARTS) is 1. The lowest BCUT2D eigenvalue weighted by Gasteiger charge is -2.34. The van der Waals surface area contributed by atoms with E-state index >= 15 is 0 Å². The molecule has 0 heterocycles. The number of halogens is 2. The van der Waals surface area contributed by atoms with Crippen molar-refractivity contribution < 1.29 is 32.9 Å². The van der Waals surface area contributed by atoms with Gasteiger partial charge in [-0.25, -0.2) is 8.78 Å². The second-order valence-corrected chi connectivity index (χ2v) is 7.62. The largest absolute Gasteiger partial charge is 0.493 e. The van der Waals surface area contributed by atoms with E-state index in [-0.39, 0.29) is 36.5 Å². The summed E-state index contributed by atoms with van der Waals surface area (Å²) in [6.07, 6.45) is 1.93. The molecule has 0 radical (unpaired) electrons. The van der Waals surface area contributed by atoms with E-state index in [1.807, 2.05) is 13.8 Å². The van der Waals surface area contributed by atoms with Gasteiger partial charge in [0.15, 0.2) is 11.6 Å². The summed E-state index contributed by atoms with van der Waals surface area (Å²) >= 11 is 0. The number of aryl methyl sites for hydroxylation is 2. The summed E-state index contributed by atoms with van der Waals surface area (Å²) in [5.74, 6) is -1.86. The van der Waals surface area contributed by atoms with Gasteiger partial charge in [-0.1, -0.05) is 0 Å². The lowest BCUT2D eigenvalue weighted by atomic mass is 9.92. The fourth-order valence-corrected chi connectivity index (χ4v) is 3.57. The smallest absolute Gasteiger partial charge is 0.303 e. The number of carbonyl (C=O) groups is 1. The van der Waals surface area contributed by atoms with Gasteiger partial charge in [0.25, 0.3) is 0 Å². The van der Waals surface area contributed by atoms with Crippen LogP contribution in [0, 0.1) is 25.5 Å². The first-order valence-electron chi connectivity index (χ1n) is 9.93. The molecule has 2 aromatic carbocycles. The maximum absolute atomic E-state index is 14.6. The van der Waals surface area contributed by atoms with Crippen molar-refractivity contribution in [2.24, 2.45) is 0 Å². The number of carboxylic acids is 1. The Hall–Kier alpha value is -2.67. The third-order valence-corrected chi connectivity index (χ3v) is 5.24. The maximum Gasteiger partial charge on any atom is 0.303 e. The van der Waals surface area contributed by atoms with Crippen LogP contribution in [0.5, 0.6) is 11.5 Å². The SMILES string of the molecule is COC1CC(Oc2cc(F)c(F)c(-c3cc(C)c(OCCCC(=O)O)c(C)c3)c2)C1. The maximum atomic E-state index is 14.6. The second-order valence-electron chi connectivity index (χ2n) is 7.62. The highest BCUT2D eigenvalue weighted by atomic mass is 19.2. The number of benzene rings is 2. The molecule has 0 unspecified atom stereocenters. The van der Waals surface area contributed by atoms with Crippen molar-refractivity contribution in [3.8, 4) is 22.6 Å². The molecule has 5 nitrogen and oxygen atoms in total. The zero-order valence-electron chi connectivity index (χ0n) is 17.3. The van der Waals surface area contributed by atoms with E-state index in [2.05, 4.69) is 0 Å². The molecule has 0 saturated heterocycles. The molecule has 1 saturated carbocycles. The van der Waals surface area contributed by atoms with E-state index in [0.29, 0.717) is 17.7 Å². The lowest BCUT2D eigenvalue weighted by Crippen LogP contribution is -2.38. The van der Waals surface area contributed by atoms with Gasteiger partial charge in [-0.05, 0) is 55.2 Å². The van der Waals surface area contributed by atoms with E-state index in [9.17, 15) is 13.6 Å². The van der Waals surface area contributed by atoms with Crippen LogP contribution >= 0.6 is 0 Å². The average Bonchev–Trinajstić information content (AvgIpc) is 2.65. The van der Waals surface area contributed by atoms with Crippen molar-refractivity contribution >= 4 is 5.97 Å². The molecule has 2 aromatic rings. The van der Waals surface area contributed by atoms with E-state index < -0.39 is 17.6 Å². The van der Waals surface area contributed by atoms with Gasteiger partial charge in [0.2, 0.25) is 0 Å². The third kappa shape index (κ3) is 5.08. The number of aliphatic carboxylic acids is 1. The van der Waals surface area contributed by atoms with Crippen LogP contribution in [0.3, 0.4) is 0 Å². The first-order chi connectivity index (χ1) is 14.3. The minimum Gasteiger partial charge on any atom is -0.493 e. The monoisotopic (exact) mass is 420 g/mol. The Morgan fingerprint density at radius 1 is 1.10 bits per heavy atom. The zero-order valence-corrected chi connectivity index (χ0v) is 17.3. The molecule has 0 aliphatic heterocycles. The molecular formula is C23H26F2O5. The van der Waals surface area contributed by atoms with E-state index in [4.69, 9.17) is 19.3 Å². The van der Waals surface area contributed by atoms with Gasteiger partial charge in [-0.3, -0.25) is 4.79 Å². The third-order valence-electron chi connectivity index (χ3n) is 5.24. The van der Waals surface area contributed by atoms with Crippen LogP contribution in [0.15, 0.2) is 24.3 Å². The predicted octanol–water partition coefficient (Wildman–Crippen LogP) is 5.05. The highest BCUT2D eigenvalue weighted by Crippen LogP contribution is 2.36. The van der Waals surface area contributed by atoms with Crippen molar-refractivity contribution in [2.45, 2.75) is 51.7 Å². The number of hydrogen-bond acceptors (Lipinski definition) is 4. The fraction of sp³-hybridized carbons (Fsp3) is 0.435. The molecule has 1 N–H and O–H groups in total. The van der Waals surface area contributed by atoms with Gasteiger partial charge in [-0.2, -0.15) is 0 Å². The summed E-state index contributed by atoms with van der Waals surface area (Å²) < 4.78 is 45.5. The summed E-state index contributed by atoms with van der Waals surface area (Å²) in [5.41, 5.74) is 2.16. The summed E-state index contributed by atoms with van der Waals surface area (Å²) in [7, 11) is 1.64. The molecule has 0 amide bonds. The van der Waals surface area contributed by atoms with Gasteiger partial charge >= 0.3 is 5.97 Å². The molecule has 0 bridgehead atoms. The van der Waals surface area contributed by atoms with E-state index in [0.717, 1.165) is 30.0 Å². The lowest BCUT2D eigenvalue weighted by molar-refractivity contribution is -0.137. The molecule has 1 aliphatic carbocycles. The van der Waals surface area contributed by atoms with Gasteiger partial charge in [0, 0.05) is 38.0 Å².